The average Bonchev–Trinajstić information content (AvgIpc) is 3.05. The third-order valence-corrected chi connectivity index (χ3v) is 9.25. The lowest BCUT2D eigenvalue weighted by molar-refractivity contribution is 0.315. The van der Waals surface area contributed by atoms with Gasteiger partial charge in [0, 0.05) is 23.1 Å². The molecule has 2 aliphatic rings. The highest BCUT2D eigenvalue weighted by molar-refractivity contribution is 7.73. The van der Waals surface area contributed by atoms with E-state index in [-0.39, 0.29) is 12.0 Å². The van der Waals surface area contributed by atoms with Gasteiger partial charge in [0.15, 0.2) is 0 Å². The molecule has 1 aliphatic heterocycles. The summed E-state index contributed by atoms with van der Waals surface area (Å²) in [5.74, 6) is 0.140. The molecule has 0 spiro atoms. The molecule has 144 valence electrons. The van der Waals surface area contributed by atoms with Crippen LogP contribution in [0, 0.1) is 5.92 Å². The molecule has 1 fully saturated rings. The van der Waals surface area contributed by atoms with Crippen LogP contribution >= 0.6 is 7.29 Å². The van der Waals surface area contributed by atoms with Gasteiger partial charge in [-0.15, -0.1) is 0 Å². The van der Waals surface area contributed by atoms with Crippen LogP contribution in [0.3, 0.4) is 0 Å². The zero-order valence-corrected chi connectivity index (χ0v) is 17.2. The molecule has 0 unspecified atom stereocenters. The van der Waals surface area contributed by atoms with Crippen molar-refractivity contribution < 1.29 is 4.57 Å². The first-order chi connectivity index (χ1) is 14.3. The molecule has 0 amide bonds. The van der Waals surface area contributed by atoms with Crippen molar-refractivity contribution in [2.24, 2.45) is 5.92 Å². The number of benzene rings is 3. The summed E-state index contributed by atoms with van der Waals surface area (Å²) in [7, 11) is -2.91. The third-order valence-electron chi connectivity index (χ3n) is 5.96. The Morgan fingerprint density at radius 2 is 1.45 bits per heavy atom. The Labute approximate surface area is 172 Å². The van der Waals surface area contributed by atoms with Crippen molar-refractivity contribution >= 4 is 12.6 Å². The highest BCUT2D eigenvalue weighted by Gasteiger charge is 2.53. The smallest absolute Gasteiger partial charge is 0.204 e. The van der Waals surface area contributed by atoms with Gasteiger partial charge in [-0.3, -0.25) is 4.57 Å². The third kappa shape index (κ3) is 3.13. The van der Waals surface area contributed by atoms with Gasteiger partial charge in [0.2, 0.25) is 7.29 Å². The molecule has 0 N–H and O–H groups in total. The van der Waals surface area contributed by atoms with Gasteiger partial charge >= 0.3 is 0 Å². The summed E-state index contributed by atoms with van der Waals surface area (Å²) in [4.78, 5) is 0. The SMILES string of the molecule is O=[P@]1(c2ccccc2)C2=CCC=C[C@@H]2[C@@H](c2ccccc2)N1Cc1ccccc1. The summed E-state index contributed by atoms with van der Waals surface area (Å²) in [5, 5.41) is 2.02. The van der Waals surface area contributed by atoms with E-state index in [9.17, 15) is 4.57 Å². The Bertz CT molecular complexity index is 1090. The van der Waals surface area contributed by atoms with Gasteiger partial charge < -0.3 is 0 Å². The number of rotatable bonds is 4. The van der Waals surface area contributed by atoms with Crippen molar-refractivity contribution in [1.29, 1.82) is 0 Å². The first-order valence-corrected chi connectivity index (χ1v) is 11.8. The maximum atomic E-state index is 14.9. The second-order valence-corrected chi connectivity index (χ2v) is 10.4. The van der Waals surface area contributed by atoms with Crippen LogP contribution in [0.1, 0.15) is 23.6 Å². The maximum Gasteiger partial charge on any atom is 0.204 e. The van der Waals surface area contributed by atoms with Crippen LogP contribution in [0.5, 0.6) is 0 Å². The first-order valence-electron chi connectivity index (χ1n) is 10.2. The highest BCUT2D eigenvalue weighted by atomic mass is 31.2. The summed E-state index contributed by atoms with van der Waals surface area (Å²) in [5.41, 5.74) is 2.41. The number of hydrogen-bond acceptors (Lipinski definition) is 1. The van der Waals surface area contributed by atoms with Crippen molar-refractivity contribution in [3.63, 3.8) is 0 Å². The fourth-order valence-corrected chi connectivity index (χ4v) is 8.12. The van der Waals surface area contributed by atoms with Crippen molar-refractivity contribution in [3.8, 4) is 0 Å². The van der Waals surface area contributed by atoms with Crippen LogP contribution < -0.4 is 5.30 Å². The maximum absolute atomic E-state index is 14.9. The average molecular weight is 397 g/mol. The molecule has 3 atom stereocenters. The number of fused-ring (bicyclic) bond motifs is 1. The lowest BCUT2D eigenvalue weighted by Crippen LogP contribution is -2.25. The molecule has 29 heavy (non-hydrogen) atoms. The minimum Gasteiger partial charge on any atom is -0.297 e. The van der Waals surface area contributed by atoms with Crippen LogP contribution in [-0.2, 0) is 11.1 Å². The van der Waals surface area contributed by atoms with Crippen LogP contribution in [0.2, 0.25) is 0 Å². The molecule has 0 radical (unpaired) electrons. The Morgan fingerprint density at radius 1 is 0.828 bits per heavy atom. The van der Waals surface area contributed by atoms with Gasteiger partial charge in [-0.05, 0) is 29.7 Å². The topological polar surface area (TPSA) is 20.3 Å². The van der Waals surface area contributed by atoms with Crippen LogP contribution in [0.25, 0.3) is 0 Å². The second kappa shape index (κ2) is 7.63. The van der Waals surface area contributed by atoms with E-state index in [2.05, 4.69) is 71.4 Å². The predicted octanol–water partition coefficient (Wildman–Crippen LogP) is 6.31. The summed E-state index contributed by atoms with van der Waals surface area (Å²) >= 11 is 0. The Hall–Kier alpha value is -2.67. The van der Waals surface area contributed by atoms with E-state index in [0.29, 0.717) is 6.54 Å². The van der Waals surface area contributed by atoms with E-state index in [4.69, 9.17) is 0 Å². The second-order valence-electron chi connectivity index (χ2n) is 7.67. The lowest BCUT2D eigenvalue weighted by atomic mass is 9.89. The predicted molar refractivity (Wildman–Crippen MR) is 120 cm³/mol. The van der Waals surface area contributed by atoms with Gasteiger partial charge in [0.25, 0.3) is 0 Å². The number of allylic oxidation sites excluding steroid dienone is 2. The van der Waals surface area contributed by atoms with Crippen LogP contribution in [0.4, 0.5) is 0 Å². The zero-order chi connectivity index (χ0) is 19.7. The van der Waals surface area contributed by atoms with Crippen molar-refractivity contribution in [3.05, 3.63) is 126 Å². The van der Waals surface area contributed by atoms with Gasteiger partial charge in [-0.25, -0.2) is 4.67 Å². The molecule has 3 aromatic rings. The molecule has 0 aromatic heterocycles. The molecule has 2 nitrogen and oxygen atoms in total. The van der Waals surface area contributed by atoms with Crippen molar-refractivity contribution in [1.82, 2.24) is 4.67 Å². The standard InChI is InChI=1S/C26H24NOP/c28-29(23-16-8-3-9-17-23)25-19-11-10-18-24(25)26(22-14-6-2-7-15-22)27(29)20-21-12-4-1-5-13-21/h1-10,12-19,24,26H,11,20H2/t24-,26+,29+/m0/s1. The molecular formula is C26H24NOP. The monoisotopic (exact) mass is 397 g/mol. The lowest BCUT2D eigenvalue weighted by Gasteiger charge is -2.31. The van der Waals surface area contributed by atoms with E-state index in [1.165, 1.54) is 11.1 Å². The Kier molecular flexibility index (Phi) is 4.83. The van der Waals surface area contributed by atoms with Crippen LogP contribution in [-0.4, -0.2) is 4.67 Å². The molecule has 1 heterocycles. The van der Waals surface area contributed by atoms with E-state index < -0.39 is 7.29 Å². The normalized spacial score (nSPS) is 26.1. The first kappa shape index (κ1) is 18.4. The molecule has 1 saturated heterocycles. The molecular weight excluding hydrogens is 373 g/mol. The van der Waals surface area contributed by atoms with E-state index in [0.717, 1.165) is 17.0 Å². The highest BCUT2D eigenvalue weighted by Crippen LogP contribution is 2.71. The number of nitrogens with zero attached hydrogens (tertiary/aromatic N) is 1. The molecule has 0 bridgehead atoms. The van der Waals surface area contributed by atoms with Gasteiger partial charge in [-0.2, -0.15) is 0 Å². The zero-order valence-electron chi connectivity index (χ0n) is 16.3. The minimum atomic E-state index is -2.91. The van der Waals surface area contributed by atoms with Crippen molar-refractivity contribution in [2.45, 2.75) is 19.0 Å². The Morgan fingerprint density at radius 3 is 2.14 bits per heavy atom. The minimum absolute atomic E-state index is 0.0604. The fraction of sp³-hybridized carbons (Fsp3) is 0.154. The molecule has 5 rings (SSSR count). The summed E-state index contributed by atoms with van der Waals surface area (Å²) in [6, 6.07) is 31.1. The summed E-state index contributed by atoms with van der Waals surface area (Å²) in [6.07, 6.45) is 7.54. The summed E-state index contributed by atoms with van der Waals surface area (Å²) < 4.78 is 17.2. The van der Waals surface area contributed by atoms with E-state index in [1.807, 2.05) is 42.5 Å². The largest absolute Gasteiger partial charge is 0.297 e. The fourth-order valence-electron chi connectivity index (χ4n) is 4.68. The van der Waals surface area contributed by atoms with Crippen molar-refractivity contribution in [2.75, 3.05) is 0 Å². The van der Waals surface area contributed by atoms with Gasteiger partial charge in [0.05, 0.1) is 6.04 Å². The number of hydrogen-bond donors (Lipinski definition) is 0. The Balaban J connectivity index is 1.71. The van der Waals surface area contributed by atoms with Crippen LogP contribution in [0.15, 0.2) is 115 Å². The van der Waals surface area contributed by atoms with Gasteiger partial charge in [-0.1, -0.05) is 97.1 Å². The molecule has 1 aliphatic carbocycles. The summed E-state index contributed by atoms with van der Waals surface area (Å²) in [6.45, 7) is 0.661. The molecule has 3 aromatic carbocycles. The molecule has 3 heteroatoms. The molecule has 0 saturated carbocycles. The van der Waals surface area contributed by atoms with E-state index >= 15 is 0 Å². The van der Waals surface area contributed by atoms with Gasteiger partial charge in [0.1, 0.15) is 0 Å². The quantitative estimate of drug-likeness (QED) is 0.380. The van der Waals surface area contributed by atoms with E-state index in [1.54, 1.807) is 0 Å².